The van der Waals surface area contributed by atoms with Gasteiger partial charge in [0.05, 0.1) is 15.6 Å². The van der Waals surface area contributed by atoms with E-state index in [2.05, 4.69) is 70.1 Å². The quantitative estimate of drug-likeness (QED) is 0.661. The van der Waals surface area contributed by atoms with Crippen molar-refractivity contribution in [3.8, 4) is 5.75 Å². The average molecular weight is 393 g/mol. The number of hydrogen-bond acceptors (Lipinski definition) is 2. The first-order valence-corrected chi connectivity index (χ1v) is 8.52. The van der Waals surface area contributed by atoms with E-state index >= 15 is 0 Å². The molecule has 0 aliphatic carbocycles. The fraction of sp³-hybridized carbons (Fsp3) is 0.600. The molecule has 2 nitrogen and oxygen atoms in total. The molecule has 1 aromatic carbocycles. The molecule has 0 saturated carbocycles. The highest BCUT2D eigenvalue weighted by atomic mass is 79.9. The van der Waals surface area contributed by atoms with Crippen molar-refractivity contribution in [2.45, 2.75) is 40.2 Å². The summed E-state index contributed by atoms with van der Waals surface area (Å²) in [4.78, 5) is 0. The summed E-state index contributed by atoms with van der Waals surface area (Å²) in [6, 6.07) is 4.24. The van der Waals surface area contributed by atoms with Crippen molar-refractivity contribution in [2.75, 3.05) is 13.2 Å². The van der Waals surface area contributed by atoms with Gasteiger partial charge in [0.25, 0.3) is 0 Å². The second-order valence-electron chi connectivity index (χ2n) is 4.66. The summed E-state index contributed by atoms with van der Waals surface area (Å²) in [5, 5.41) is 3.32. The molecule has 0 aliphatic heterocycles. The number of rotatable bonds is 8. The molecule has 1 N–H and O–H groups in total. The van der Waals surface area contributed by atoms with Crippen LogP contribution in [0.1, 0.15) is 39.2 Å². The molecule has 19 heavy (non-hydrogen) atoms. The number of benzene rings is 1. The van der Waals surface area contributed by atoms with E-state index in [4.69, 9.17) is 4.74 Å². The van der Waals surface area contributed by atoms with Gasteiger partial charge in [-0.15, -0.1) is 0 Å². The molecule has 1 aromatic rings. The van der Waals surface area contributed by atoms with Gasteiger partial charge in [0, 0.05) is 6.54 Å². The Morgan fingerprint density at radius 1 is 1.11 bits per heavy atom. The molecule has 1 rings (SSSR count). The van der Waals surface area contributed by atoms with Crippen LogP contribution in [0.15, 0.2) is 21.1 Å². The summed E-state index contributed by atoms with van der Waals surface area (Å²) in [6.07, 6.45) is 2.31. The lowest BCUT2D eigenvalue weighted by molar-refractivity contribution is 0.238. The number of nitrogens with one attached hydrogen (secondary N) is 1. The van der Waals surface area contributed by atoms with Crippen molar-refractivity contribution in [3.05, 3.63) is 26.6 Å². The van der Waals surface area contributed by atoms with Gasteiger partial charge in [0.2, 0.25) is 0 Å². The molecule has 0 unspecified atom stereocenters. The molecule has 0 saturated heterocycles. The lowest BCUT2D eigenvalue weighted by Crippen LogP contribution is -2.13. The zero-order chi connectivity index (χ0) is 14.3. The SMILES string of the molecule is CCNCc1cc(Br)c(OCC(CC)CC)c(Br)c1. The minimum Gasteiger partial charge on any atom is -0.491 e. The van der Waals surface area contributed by atoms with Crippen molar-refractivity contribution in [1.82, 2.24) is 5.32 Å². The first-order chi connectivity index (χ1) is 9.12. The third kappa shape index (κ3) is 5.44. The predicted octanol–water partition coefficient (Wildman–Crippen LogP) is 5.14. The monoisotopic (exact) mass is 391 g/mol. The topological polar surface area (TPSA) is 21.3 Å². The molecule has 0 amide bonds. The van der Waals surface area contributed by atoms with Crippen LogP contribution in [-0.2, 0) is 6.54 Å². The van der Waals surface area contributed by atoms with Crippen molar-refractivity contribution < 1.29 is 4.74 Å². The van der Waals surface area contributed by atoms with Crippen LogP contribution in [0.3, 0.4) is 0 Å². The van der Waals surface area contributed by atoms with Gasteiger partial charge < -0.3 is 10.1 Å². The molecule has 108 valence electrons. The van der Waals surface area contributed by atoms with Crippen molar-refractivity contribution in [3.63, 3.8) is 0 Å². The van der Waals surface area contributed by atoms with Crippen molar-refractivity contribution in [2.24, 2.45) is 5.92 Å². The molecule has 0 fully saturated rings. The molecular weight excluding hydrogens is 370 g/mol. The zero-order valence-electron chi connectivity index (χ0n) is 11.9. The van der Waals surface area contributed by atoms with Gasteiger partial charge in [-0.05, 0) is 62.0 Å². The van der Waals surface area contributed by atoms with Gasteiger partial charge in [-0.3, -0.25) is 0 Å². The van der Waals surface area contributed by atoms with E-state index < -0.39 is 0 Å². The predicted molar refractivity (Wildman–Crippen MR) is 88.8 cm³/mol. The highest BCUT2D eigenvalue weighted by Crippen LogP contribution is 2.35. The third-order valence-corrected chi connectivity index (χ3v) is 4.43. The minimum atomic E-state index is 0.625. The first-order valence-electron chi connectivity index (χ1n) is 6.93. The van der Waals surface area contributed by atoms with Gasteiger partial charge >= 0.3 is 0 Å². The van der Waals surface area contributed by atoms with Crippen LogP contribution in [0.2, 0.25) is 0 Å². The minimum absolute atomic E-state index is 0.625. The summed E-state index contributed by atoms with van der Waals surface area (Å²) < 4.78 is 7.99. The molecule has 0 atom stereocenters. The molecule has 0 aliphatic rings. The Morgan fingerprint density at radius 2 is 1.68 bits per heavy atom. The Balaban J connectivity index is 2.73. The normalized spacial score (nSPS) is 11.1. The molecule has 0 bridgehead atoms. The fourth-order valence-corrected chi connectivity index (χ4v) is 3.36. The maximum atomic E-state index is 5.96. The fourth-order valence-electron chi connectivity index (χ4n) is 1.85. The van der Waals surface area contributed by atoms with E-state index in [9.17, 15) is 0 Å². The highest BCUT2D eigenvalue weighted by Gasteiger charge is 2.11. The van der Waals surface area contributed by atoms with Crippen LogP contribution in [0.4, 0.5) is 0 Å². The standard InChI is InChI=1S/C15H23Br2NO/c1-4-11(5-2)10-19-15-13(16)7-12(8-14(15)17)9-18-6-3/h7-8,11,18H,4-6,9-10H2,1-3H3. The van der Waals surface area contributed by atoms with Gasteiger partial charge in [0.15, 0.2) is 0 Å². The molecule has 0 spiro atoms. The Hall–Kier alpha value is -0.0600. The van der Waals surface area contributed by atoms with Crippen LogP contribution in [0.25, 0.3) is 0 Å². The van der Waals surface area contributed by atoms with Gasteiger partial charge in [-0.2, -0.15) is 0 Å². The number of ether oxygens (including phenoxy) is 1. The van der Waals surface area contributed by atoms with E-state index in [1.165, 1.54) is 5.56 Å². The molecule has 0 radical (unpaired) electrons. The molecule has 0 heterocycles. The molecule has 4 heteroatoms. The largest absolute Gasteiger partial charge is 0.491 e. The zero-order valence-corrected chi connectivity index (χ0v) is 15.1. The Bertz CT molecular complexity index is 369. The van der Waals surface area contributed by atoms with E-state index in [-0.39, 0.29) is 0 Å². The van der Waals surface area contributed by atoms with Gasteiger partial charge in [-0.1, -0.05) is 33.6 Å². The second kappa shape index (κ2) is 8.98. The Morgan fingerprint density at radius 3 is 2.16 bits per heavy atom. The Kier molecular flexibility index (Phi) is 8.03. The Labute approximate surface area is 133 Å². The molecule has 0 aromatic heterocycles. The summed E-state index contributed by atoms with van der Waals surface area (Å²) in [5.41, 5.74) is 1.25. The van der Waals surface area contributed by atoms with Gasteiger partial charge in [0.1, 0.15) is 5.75 Å². The van der Waals surface area contributed by atoms with Crippen LogP contribution in [-0.4, -0.2) is 13.2 Å². The first kappa shape index (κ1) is 17.0. The summed E-state index contributed by atoms with van der Waals surface area (Å²) >= 11 is 7.20. The van der Waals surface area contributed by atoms with E-state index in [1.54, 1.807) is 0 Å². The van der Waals surface area contributed by atoms with Crippen LogP contribution >= 0.6 is 31.9 Å². The second-order valence-corrected chi connectivity index (χ2v) is 6.37. The van der Waals surface area contributed by atoms with E-state index in [1.807, 2.05) is 0 Å². The van der Waals surface area contributed by atoms with Gasteiger partial charge in [-0.25, -0.2) is 0 Å². The lowest BCUT2D eigenvalue weighted by Gasteiger charge is -2.16. The van der Waals surface area contributed by atoms with Crippen molar-refractivity contribution >= 4 is 31.9 Å². The average Bonchev–Trinajstić information content (AvgIpc) is 2.40. The summed E-state index contributed by atoms with van der Waals surface area (Å²) in [5.74, 6) is 1.53. The maximum absolute atomic E-state index is 5.96. The third-order valence-electron chi connectivity index (χ3n) is 3.26. The lowest BCUT2D eigenvalue weighted by atomic mass is 10.1. The summed E-state index contributed by atoms with van der Waals surface area (Å²) in [6.45, 7) is 9.15. The highest BCUT2D eigenvalue weighted by molar-refractivity contribution is 9.11. The van der Waals surface area contributed by atoms with Crippen molar-refractivity contribution in [1.29, 1.82) is 0 Å². The maximum Gasteiger partial charge on any atom is 0.147 e. The van der Waals surface area contributed by atoms with Crippen LogP contribution in [0, 0.1) is 5.92 Å². The number of halogens is 2. The van der Waals surface area contributed by atoms with Crippen LogP contribution in [0.5, 0.6) is 5.75 Å². The van der Waals surface area contributed by atoms with Crippen LogP contribution < -0.4 is 10.1 Å². The smallest absolute Gasteiger partial charge is 0.147 e. The number of hydrogen-bond donors (Lipinski definition) is 1. The van der Waals surface area contributed by atoms with E-state index in [0.29, 0.717) is 5.92 Å². The van der Waals surface area contributed by atoms with E-state index in [0.717, 1.165) is 47.2 Å². The molecular formula is C15H23Br2NO. The summed E-state index contributed by atoms with van der Waals surface area (Å²) in [7, 11) is 0.